The number of carboxylic acid groups (broad SMARTS) is 1. The van der Waals surface area contributed by atoms with Gasteiger partial charge in [0.2, 0.25) is 11.8 Å². The van der Waals surface area contributed by atoms with Gasteiger partial charge < -0.3 is 15.0 Å². The smallest absolute Gasteiger partial charge is 0.326 e. The molecule has 196 valence electrons. The van der Waals surface area contributed by atoms with Crippen molar-refractivity contribution in [1.29, 1.82) is 0 Å². The van der Waals surface area contributed by atoms with Crippen LogP contribution in [0.3, 0.4) is 0 Å². The molecule has 1 saturated heterocycles. The van der Waals surface area contributed by atoms with E-state index in [0.29, 0.717) is 0 Å². The van der Waals surface area contributed by atoms with Crippen LogP contribution >= 0.6 is 23.1 Å². The fraction of sp³-hybridized carbons (Fsp3) is 0.556. The summed E-state index contributed by atoms with van der Waals surface area (Å²) in [7, 11) is 3.99. The Balaban J connectivity index is 1.40. The minimum Gasteiger partial charge on any atom is -0.480 e. The largest absolute Gasteiger partial charge is 0.480 e. The molecule has 4 aliphatic rings. The molecule has 1 aromatic heterocycles. The van der Waals surface area contributed by atoms with Gasteiger partial charge in [-0.2, -0.15) is 0 Å². The van der Waals surface area contributed by atoms with Gasteiger partial charge in [0.1, 0.15) is 6.04 Å². The van der Waals surface area contributed by atoms with Crippen molar-refractivity contribution in [3.05, 3.63) is 44.4 Å². The van der Waals surface area contributed by atoms with Crippen LogP contribution < -0.4 is 9.77 Å². The van der Waals surface area contributed by atoms with Gasteiger partial charge >= 0.3 is 10.8 Å². The summed E-state index contributed by atoms with van der Waals surface area (Å²) in [5, 5.41) is 10.9. The van der Waals surface area contributed by atoms with Gasteiger partial charge in [-0.15, -0.1) is 11.8 Å². The lowest BCUT2D eigenvalue weighted by atomic mass is 9.68. The molecule has 2 aliphatic heterocycles. The van der Waals surface area contributed by atoms with Crippen LogP contribution in [-0.4, -0.2) is 58.2 Å². The first-order valence-electron chi connectivity index (χ1n) is 12.8. The average molecular weight is 542 g/mol. The Morgan fingerprint density at radius 2 is 1.76 bits per heavy atom. The number of nitrogens with zero attached hydrogens (tertiary/aromatic N) is 2. The number of aromatic amines is 1. The monoisotopic (exact) mass is 541 g/mol. The lowest BCUT2D eigenvalue weighted by molar-refractivity contribution is -0.156. The molecule has 2 amide bonds. The molecule has 0 unspecified atom stereocenters. The predicted molar refractivity (Wildman–Crippen MR) is 142 cm³/mol. The Labute approximate surface area is 223 Å². The average Bonchev–Trinajstić information content (AvgIpc) is 3.56. The fourth-order valence-electron chi connectivity index (χ4n) is 7.46. The molecule has 1 aromatic carbocycles. The van der Waals surface area contributed by atoms with Crippen LogP contribution in [0.15, 0.2) is 34.1 Å². The SMILES string of the molecule is CC(C)C[C@H](C(=O)O)N1C(=O)[C@@H]2[C@H]3C[C@@H]([C@H]4Sc5[nH]c(=O)sc5[C@H](c5ccc(N(C)C)cc5)[C@H]34)[C@H]2C1=O. The number of amides is 2. The molecule has 2 bridgehead atoms. The maximum atomic E-state index is 13.8. The number of nitrogens with one attached hydrogen (secondary N) is 1. The third kappa shape index (κ3) is 3.62. The van der Waals surface area contributed by atoms with Crippen LogP contribution in [0.5, 0.6) is 0 Å². The van der Waals surface area contributed by atoms with Crippen LogP contribution in [0.4, 0.5) is 5.69 Å². The van der Waals surface area contributed by atoms with Crippen LogP contribution in [0.1, 0.15) is 43.0 Å². The van der Waals surface area contributed by atoms with Gasteiger partial charge in [-0.3, -0.25) is 19.3 Å². The van der Waals surface area contributed by atoms with Crippen molar-refractivity contribution in [2.24, 2.45) is 35.5 Å². The summed E-state index contributed by atoms with van der Waals surface area (Å²) in [6.45, 7) is 3.81. The van der Waals surface area contributed by atoms with E-state index in [1.807, 2.05) is 32.8 Å². The standard InChI is InChI=1S/C27H31N3O5S2/c1-11(2)9-16(26(33)34)30-24(31)19-14-10-15(20(19)25(30)32)21-18(14)17(22-23(36-21)28-27(35)37-22)12-5-7-13(8-6-12)29(3)4/h5-8,11,14-21H,9-10H2,1-4H3,(H,28,35)(H,33,34)/t14-,15+,16+,17+,18-,19+,20+,21+/m0/s1. The van der Waals surface area contributed by atoms with Gasteiger partial charge in [-0.05, 0) is 54.2 Å². The first kappa shape index (κ1) is 24.7. The van der Waals surface area contributed by atoms with Crippen molar-refractivity contribution < 1.29 is 19.5 Å². The second kappa shape index (κ2) is 8.73. The summed E-state index contributed by atoms with van der Waals surface area (Å²) in [6, 6.07) is 7.26. The van der Waals surface area contributed by atoms with E-state index in [2.05, 4.69) is 29.2 Å². The maximum Gasteiger partial charge on any atom is 0.326 e. The topological polar surface area (TPSA) is 111 Å². The van der Waals surface area contributed by atoms with Crippen molar-refractivity contribution in [2.45, 2.75) is 48.9 Å². The van der Waals surface area contributed by atoms with E-state index in [-0.39, 0.29) is 57.9 Å². The Bertz CT molecular complexity index is 1330. The Kier molecular flexibility index (Phi) is 5.83. The number of carbonyl (C=O) groups is 3. The van der Waals surface area contributed by atoms with Crippen LogP contribution in [0.2, 0.25) is 0 Å². The number of H-pyrrole nitrogens is 1. The molecule has 8 nitrogen and oxygen atoms in total. The highest BCUT2D eigenvalue weighted by Crippen LogP contribution is 2.68. The molecule has 8 atom stereocenters. The number of likely N-dealkylation sites (tertiary alicyclic amines) is 1. The van der Waals surface area contributed by atoms with Gasteiger partial charge in [0.25, 0.3) is 0 Å². The van der Waals surface area contributed by atoms with E-state index in [4.69, 9.17) is 0 Å². The number of aliphatic carboxylic acids is 1. The zero-order chi connectivity index (χ0) is 26.3. The van der Waals surface area contributed by atoms with E-state index in [1.165, 1.54) is 11.3 Å². The first-order chi connectivity index (χ1) is 17.6. The molecule has 0 spiro atoms. The molecular weight excluding hydrogens is 510 g/mol. The molecular formula is C27H31N3O5S2. The van der Waals surface area contributed by atoms with E-state index < -0.39 is 23.8 Å². The number of carboxylic acids is 1. The lowest BCUT2D eigenvalue weighted by Crippen LogP contribution is -2.47. The van der Waals surface area contributed by atoms with Gasteiger partial charge in [-0.1, -0.05) is 37.3 Å². The molecule has 6 rings (SSSR count). The molecule has 2 aliphatic carbocycles. The number of fused-ring (bicyclic) bond motifs is 9. The van der Waals surface area contributed by atoms with E-state index >= 15 is 0 Å². The number of hydrogen-bond donors (Lipinski definition) is 2. The summed E-state index contributed by atoms with van der Waals surface area (Å²) in [5.74, 6) is -2.62. The van der Waals surface area contributed by atoms with Crippen molar-refractivity contribution in [1.82, 2.24) is 9.88 Å². The van der Waals surface area contributed by atoms with Gasteiger partial charge in [-0.25, -0.2) is 4.79 Å². The minimum absolute atomic E-state index is 0.0138. The molecule has 0 radical (unpaired) electrons. The van der Waals surface area contributed by atoms with Gasteiger partial charge in [0.15, 0.2) is 0 Å². The zero-order valence-corrected chi connectivity index (χ0v) is 22.8. The summed E-state index contributed by atoms with van der Waals surface area (Å²) in [4.78, 5) is 59.1. The van der Waals surface area contributed by atoms with Gasteiger partial charge in [0.05, 0.1) is 16.9 Å². The number of rotatable bonds is 6. The fourth-order valence-corrected chi connectivity index (χ4v) is 10.4. The summed E-state index contributed by atoms with van der Waals surface area (Å²) >= 11 is 2.89. The van der Waals surface area contributed by atoms with Gasteiger partial charge in [0, 0.05) is 35.8 Å². The number of carbonyl (C=O) groups excluding carboxylic acids is 2. The highest BCUT2D eigenvalue weighted by atomic mass is 32.2. The molecule has 2 N–H and O–H groups in total. The first-order valence-corrected chi connectivity index (χ1v) is 14.5. The summed E-state index contributed by atoms with van der Waals surface area (Å²) in [5.41, 5.74) is 2.19. The molecule has 37 heavy (non-hydrogen) atoms. The van der Waals surface area contributed by atoms with Crippen molar-refractivity contribution >= 4 is 46.6 Å². The Hall–Kier alpha value is -2.59. The Morgan fingerprint density at radius 1 is 1.11 bits per heavy atom. The highest BCUT2D eigenvalue weighted by molar-refractivity contribution is 8.00. The minimum atomic E-state index is -1.12. The Morgan fingerprint density at radius 3 is 2.35 bits per heavy atom. The molecule has 3 heterocycles. The number of imide groups is 1. The third-order valence-electron chi connectivity index (χ3n) is 8.82. The third-order valence-corrected chi connectivity index (χ3v) is 11.4. The number of thiazole rings is 1. The number of hydrogen-bond acceptors (Lipinski definition) is 7. The number of anilines is 1. The second-order valence-corrected chi connectivity index (χ2v) is 13.7. The number of thioether (sulfide) groups is 1. The molecule has 2 aromatic rings. The van der Waals surface area contributed by atoms with Crippen molar-refractivity contribution in [3.63, 3.8) is 0 Å². The number of benzene rings is 1. The van der Waals surface area contributed by atoms with Crippen molar-refractivity contribution in [2.75, 3.05) is 19.0 Å². The second-order valence-electron chi connectivity index (χ2n) is 11.5. The van der Waals surface area contributed by atoms with E-state index in [9.17, 15) is 24.3 Å². The van der Waals surface area contributed by atoms with Crippen LogP contribution in [0, 0.1) is 35.5 Å². The zero-order valence-electron chi connectivity index (χ0n) is 21.2. The quantitative estimate of drug-likeness (QED) is 0.539. The molecule has 3 fully saturated rings. The predicted octanol–water partition coefficient (Wildman–Crippen LogP) is 3.48. The molecule has 10 heteroatoms. The number of aromatic nitrogens is 1. The van der Waals surface area contributed by atoms with E-state index in [0.717, 1.165) is 32.5 Å². The van der Waals surface area contributed by atoms with Crippen LogP contribution in [-0.2, 0) is 14.4 Å². The van der Waals surface area contributed by atoms with Crippen LogP contribution in [0.25, 0.3) is 0 Å². The lowest BCUT2D eigenvalue weighted by Gasteiger charge is -2.43. The highest BCUT2D eigenvalue weighted by Gasteiger charge is 2.70. The summed E-state index contributed by atoms with van der Waals surface area (Å²) in [6.07, 6.45) is 1.04. The molecule has 2 saturated carbocycles. The normalized spacial score (nSPS) is 32.5. The maximum absolute atomic E-state index is 13.8. The summed E-state index contributed by atoms with van der Waals surface area (Å²) < 4.78 is 0. The van der Waals surface area contributed by atoms with Crippen molar-refractivity contribution in [3.8, 4) is 0 Å². The van der Waals surface area contributed by atoms with E-state index in [1.54, 1.807) is 11.8 Å².